The molecule has 0 spiro atoms. The van der Waals surface area contributed by atoms with E-state index in [0.717, 1.165) is 12.1 Å². The molecule has 128 valence electrons. The van der Waals surface area contributed by atoms with Crippen LogP contribution in [0.15, 0.2) is 36.7 Å². The first-order valence-electron chi connectivity index (χ1n) is 8.35. The minimum absolute atomic E-state index is 0.0434. The number of rotatable bonds is 4. The van der Waals surface area contributed by atoms with Crippen molar-refractivity contribution in [3.05, 3.63) is 47.9 Å². The fraction of sp³-hybridized carbons (Fsp3) is 0.444. The molecule has 0 bridgehead atoms. The normalized spacial score (nSPS) is 16.8. The van der Waals surface area contributed by atoms with Crippen LogP contribution < -0.4 is 10.1 Å². The van der Waals surface area contributed by atoms with E-state index in [1.807, 2.05) is 36.9 Å². The molecule has 0 saturated carbocycles. The zero-order valence-electron chi connectivity index (χ0n) is 14.4. The third-order valence-electron chi connectivity index (χ3n) is 4.20. The molecule has 0 aromatic carbocycles. The number of ether oxygens (including phenoxy) is 1. The summed E-state index contributed by atoms with van der Waals surface area (Å²) in [6.45, 7) is 7.99. The number of pyridine rings is 1. The topological polar surface area (TPSA) is 59.4 Å². The summed E-state index contributed by atoms with van der Waals surface area (Å²) < 4.78 is 7.79. The highest BCUT2D eigenvalue weighted by molar-refractivity contribution is 5.74. The van der Waals surface area contributed by atoms with Crippen molar-refractivity contribution in [1.29, 1.82) is 0 Å². The molecule has 0 saturated heterocycles. The van der Waals surface area contributed by atoms with Crippen LogP contribution in [-0.2, 0) is 13.1 Å². The van der Waals surface area contributed by atoms with Gasteiger partial charge in [0.15, 0.2) is 0 Å². The number of urea groups is 1. The van der Waals surface area contributed by atoms with E-state index in [0.29, 0.717) is 19.0 Å². The number of fused-ring (bicyclic) bond motifs is 1. The maximum Gasteiger partial charge on any atom is 0.318 e. The van der Waals surface area contributed by atoms with Crippen molar-refractivity contribution in [3.8, 4) is 5.88 Å². The Morgan fingerprint density at radius 2 is 2.25 bits per heavy atom. The van der Waals surface area contributed by atoms with Crippen LogP contribution in [0.2, 0.25) is 0 Å². The van der Waals surface area contributed by atoms with Gasteiger partial charge in [-0.2, -0.15) is 0 Å². The molecule has 24 heavy (non-hydrogen) atoms. The van der Waals surface area contributed by atoms with Gasteiger partial charge < -0.3 is 19.5 Å². The van der Waals surface area contributed by atoms with Crippen molar-refractivity contribution >= 4 is 6.03 Å². The Labute approximate surface area is 142 Å². The van der Waals surface area contributed by atoms with Crippen molar-refractivity contribution in [3.63, 3.8) is 0 Å². The molecule has 1 atom stereocenters. The summed E-state index contributed by atoms with van der Waals surface area (Å²) in [5.41, 5.74) is 2.15. The molecule has 2 amide bonds. The van der Waals surface area contributed by atoms with E-state index in [1.54, 1.807) is 6.20 Å². The number of hydrogen-bond donors (Lipinski definition) is 1. The first-order valence-corrected chi connectivity index (χ1v) is 8.35. The van der Waals surface area contributed by atoms with Crippen LogP contribution in [0, 0.1) is 0 Å². The van der Waals surface area contributed by atoms with Crippen LogP contribution in [0.5, 0.6) is 5.88 Å². The van der Waals surface area contributed by atoms with Crippen molar-refractivity contribution in [2.45, 2.75) is 46.0 Å². The summed E-state index contributed by atoms with van der Waals surface area (Å²) in [4.78, 5) is 18.6. The van der Waals surface area contributed by atoms with Gasteiger partial charge in [0.05, 0.1) is 12.1 Å². The molecule has 0 unspecified atom stereocenters. The summed E-state index contributed by atoms with van der Waals surface area (Å²) in [6, 6.07) is 7.89. The van der Waals surface area contributed by atoms with Gasteiger partial charge in [0, 0.05) is 43.8 Å². The van der Waals surface area contributed by atoms with Gasteiger partial charge in [-0.1, -0.05) is 0 Å². The maximum atomic E-state index is 12.5. The standard InChI is InChI=1S/C18H24N4O2/c1-13(2)24-17-11-15(6-7-19-17)12-20-18(23)22-10-9-21-8-4-5-16(21)14(22)3/h4-8,11,13-14H,9-10,12H2,1-3H3,(H,20,23)/t14-/m0/s1. The molecule has 2 aromatic rings. The van der Waals surface area contributed by atoms with Crippen LogP contribution in [0.1, 0.15) is 38.1 Å². The Morgan fingerprint density at radius 1 is 1.42 bits per heavy atom. The molecule has 2 aromatic heterocycles. The predicted molar refractivity (Wildman–Crippen MR) is 91.8 cm³/mol. The number of nitrogens with zero attached hydrogens (tertiary/aromatic N) is 3. The summed E-state index contributed by atoms with van der Waals surface area (Å²) in [5.74, 6) is 0.584. The molecule has 1 aliphatic heterocycles. The largest absolute Gasteiger partial charge is 0.475 e. The fourth-order valence-corrected chi connectivity index (χ4v) is 3.00. The Kier molecular flexibility index (Phi) is 4.74. The quantitative estimate of drug-likeness (QED) is 0.939. The van der Waals surface area contributed by atoms with Crippen molar-refractivity contribution < 1.29 is 9.53 Å². The molecular weight excluding hydrogens is 304 g/mol. The SMILES string of the molecule is CC(C)Oc1cc(CNC(=O)N2CCn3cccc3[C@@H]2C)ccn1. The van der Waals surface area contributed by atoms with Crippen LogP contribution in [0.4, 0.5) is 4.79 Å². The van der Waals surface area contributed by atoms with Gasteiger partial charge in [-0.15, -0.1) is 0 Å². The van der Waals surface area contributed by atoms with Crippen LogP contribution in [-0.4, -0.2) is 33.1 Å². The van der Waals surface area contributed by atoms with Gasteiger partial charge in [-0.25, -0.2) is 9.78 Å². The van der Waals surface area contributed by atoms with Crippen LogP contribution in [0.25, 0.3) is 0 Å². The predicted octanol–water partition coefficient (Wildman–Crippen LogP) is 2.96. The van der Waals surface area contributed by atoms with Gasteiger partial charge in [0.2, 0.25) is 5.88 Å². The van der Waals surface area contributed by atoms with Crippen molar-refractivity contribution in [2.24, 2.45) is 0 Å². The van der Waals surface area contributed by atoms with E-state index >= 15 is 0 Å². The maximum absolute atomic E-state index is 12.5. The van der Waals surface area contributed by atoms with E-state index in [1.165, 1.54) is 5.69 Å². The molecule has 0 fully saturated rings. The third kappa shape index (κ3) is 3.53. The number of carbonyl (C=O) groups is 1. The highest BCUT2D eigenvalue weighted by Crippen LogP contribution is 2.25. The molecule has 1 aliphatic rings. The highest BCUT2D eigenvalue weighted by Gasteiger charge is 2.27. The molecule has 6 nitrogen and oxygen atoms in total. The molecule has 0 aliphatic carbocycles. The molecular formula is C18H24N4O2. The molecule has 3 rings (SSSR count). The number of amides is 2. The number of aromatic nitrogens is 2. The lowest BCUT2D eigenvalue weighted by Gasteiger charge is -2.34. The number of hydrogen-bond acceptors (Lipinski definition) is 3. The summed E-state index contributed by atoms with van der Waals surface area (Å²) in [6.07, 6.45) is 3.84. The monoisotopic (exact) mass is 328 g/mol. The van der Waals surface area contributed by atoms with Gasteiger partial charge in [-0.3, -0.25) is 0 Å². The van der Waals surface area contributed by atoms with E-state index in [-0.39, 0.29) is 18.2 Å². The Hall–Kier alpha value is -2.50. The number of carbonyl (C=O) groups excluding carboxylic acids is 1. The highest BCUT2D eigenvalue weighted by atomic mass is 16.5. The van der Waals surface area contributed by atoms with E-state index < -0.39 is 0 Å². The Morgan fingerprint density at radius 3 is 3.04 bits per heavy atom. The third-order valence-corrected chi connectivity index (χ3v) is 4.20. The summed E-state index contributed by atoms with van der Waals surface area (Å²) >= 11 is 0. The summed E-state index contributed by atoms with van der Waals surface area (Å²) in [7, 11) is 0. The summed E-state index contributed by atoms with van der Waals surface area (Å²) in [5, 5.41) is 3.00. The Balaban J connectivity index is 1.60. The minimum atomic E-state index is -0.0434. The zero-order valence-corrected chi connectivity index (χ0v) is 14.4. The van der Waals surface area contributed by atoms with Gasteiger partial charge in [0.25, 0.3) is 0 Å². The lowest BCUT2D eigenvalue weighted by molar-refractivity contribution is 0.162. The molecule has 0 radical (unpaired) electrons. The van der Waals surface area contributed by atoms with Crippen LogP contribution >= 0.6 is 0 Å². The first-order chi connectivity index (χ1) is 11.5. The van der Waals surface area contributed by atoms with E-state index in [2.05, 4.69) is 34.1 Å². The number of nitrogens with one attached hydrogen (secondary N) is 1. The fourth-order valence-electron chi connectivity index (χ4n) is 3.00. The second kappa shape index (κ2) is 6.95. The molecule has 3 heterocycles. The van der Waals surface area contributed by atoms with Gasteiger partial charge >= 0.3 is 6.03 Å². The van der Waals surface area contributed by atoms with E-state index in [4.69, 9.17) is 4.74 Å². The smallest absolute Gasteiger partial charge is 0.318 e. The average molecular weight is 328 g/mol. The van der Waals surface area contributed by atoms with Gasteiger partial charge in [-0.05, 0) is 44.5 Å². The first kappa shape index (κ1) is 16.4. The Bertz CT molecular complexity index is 711. The lowest BCUT2D eigenvalue weighted by atomic mass is 10.1. The molecule has 6 heteroatoms. The second-order valence-electron chi connectivity index (χ2n) is 6.32. The second-order valence-corrected chi connectivity index (χ2v) is 6.32. The van der Waals surface area contributed by atoms with Gasteiger partial charge in [0.1, 0.15) is 0 Å². The van der Waals surface area contributed by atoms with Crippen LogP contribution in [0.3, 0.4) is 0 Å². The van der Waals surface area contributed by atoms with E-state index in [9.17, 15) is 4.79 Å². The van der Waals surface area contributed by atoms with Crippen molar-refractivity contribution in [1.82, 2.24) is 19.8 Å². The molecule has 1 N–H and O–H groups in total. The zero-order chi connectivity index (χ0) is 17.1. The minimum Gasteiger partial charge on any atom is -0.475 e. The lowest BCUT2D eigenvalue weighted by Crippen LogP contribution is -2.45. The average Bonchev–Trinajstić information content (AvgIpc) is 3.02. The van der Waals surface area contributed by atoms with Crippen molar-refractivity contribution in [2.75, 3.05) is 6.54 Å².